The molecule has 1 aromatic carbocycles. The number of carbonyl (C=O) groups excluding carboxylic acids is 1. The molecule has 0 atom stereocenters. The third-order valence-electron chi connectivity index (χ3n) is 4.59. The zero-order chi connectivity index (χ0) is 16.0. The van der Waals surface area contributed by atoms with Crippen molar-refractivity contribution in [2.24, 2.45) is 5.41 Å². The van der Waals surface area contributed by atoms with E-state index in [4.69, 9.17) is 4.74 Å². The Kier molecular flexibility index (Phi) is 5.83. The Labute approximate surface area is 133 Å². The van der Waals surface area contributed by atoms with E-state index in [2.05, 4.69) is 10.2 Å². The van der Waals surface area contributed by atoms with Crippen molar-refractivity contribution in [1.82, 2.24) is 5.32 Å². The highest BCUT2D eigenvalue weighted by Gasteiger charge is 2.34. The van der Waals surface area contributed by atoms with Crippen molar-refractivity contribution in [3.05, 3.63) is 29.8 Å². The number of hydrogen-bond donors (Lipinski definition) is 1. The molecule has 1 fully saturated rings. The number of ether oxygens (including phenoxy) is 1. The van der Waals surface area contributed by atoms with Gasteiger partial charge < -0.3 is 15.0 Å². The topological polar surface area (TPSA) is 41.6 Å². The average molecular weight is 304 g/mol. The summed E-state index contributed by atoms with van der Waals surface area (Å²) in [5.41, 5.74) is 2.35. The predicted molar refractivity (Wildman–Crippen MR) is 90.3 cm³/mol. The smallest absolute Gasteiger partial charge is 0.224 e. The van der Waals surface area contributed by atoms with Crippen LogP contribution in [0.3, 0.4) is 0 Å². The molecule has 0 heterocycles. The number of benzene rings is 1. The predicted octanol–water partition coefficient (Wildman–Crippen LogP) is 2.62. The SMILES string of the molecule is COCC1(CNC(=O)Cc2ccc(N(C)C)cc2)CCCC1. The number of amides is 1. The van der Waals surface area contributed by atoms with Crippen LogP contribution < -0.4 is 10.2 Å². The second kappa shape index (κ2) is 7.63. The quantitative estimate of drug-likeness (QED) is 0.842. The monoisotopic (exact) mass is 304 g/mol. The molecule has 1 aliphatic carbocycles. The first kappa shape index (κ1) is 16.8. The number of anilines is 1. The van der Waals surface area contributed by atoms with E-state index in [9.17, 15) is 4.79 Å². The third-order valence-corrected chi connectivity index (χ3v) is 4.59. The molecular weight excluding hydrogens is 276 g/mol. The molecule has 1 N–H and O–H groups in total. The zero-order valence-corrected chi connectivity index (χ0v) is 14.0. The molecule has 122 valence electrons. The molecule has 1 amide bonds. The number of hydrogen-bond acceptors (Lipinski definition) is 3. The molecule has 2 rings (SSSR count). The molecular formula is C18H28N2O2. The van der Waals surface area contributed by atoms with Gasteiger partial charge in [0.1, 0.15) is 0 Å². The van der Waals surface area contributed by atoms with Gasteiger partial charge in [-0.05, 0) is 30.5 Å². The summed E-state index contributed by atoms with van der Waals surface area (Å²) < 4.78 is 5.36. The van der Waals surface area contributed by atoms with Gasteiger partial charge in [-0.2, -0.15) is 0 Å². The first-order chi connectivity index (χ1) is 10.5. The molecule has 1 aromatic rings. The van der Waals surface area contributed by atoms with Gasteiger partial charge in [0.15, 0.2) is 0 Å². The molecule has 4 heteroatoms. The Bertz CT molecular complexity index is 476. The molecule has 22 heavy (non-hydrogen) atoms. The molecule has 4 nitrogen and oxygen atoms in total. The first-order valence-corrected chi connectivity index (χ1v) is 8.07. The minimum atomic E-state index is 0.0972. The van der Waals surface area contributed by atoms with Crippen LogP contribution in [0.5, 0.6) is 0 Å². The summed E-state index contributed by atoms with van der Waals surface area (Å²) in [5.74, 6) is 0.0972. The maximum atomic E-state index is 12.2. The van der Waals surface area contributed by atoms with E-state index in [1.54, 1.807) is 7.11 Å². The maximum Gasteiger partial charge on any atom is 0.224 e. The van der Waals surface area contributed by atoms with E-state index in [1.165, 1.54) is 12.8 Å². The summed E-state index contributed by atoms with van der Waals surface area (Å²) in [4.78, 5) is 14.2. The molecule has 0 spiro atoms. The standard InChI is InChI=1S/C18H28N2O2/c1-20(2)16-8-6-15(7-9-16)12-17(21)19-13-18(14-22-3)10-4-5-11-18/h6-9H,4-5,10-14H2,1-3H3,(H,19,21). The van der Waals surface area contributed by atoms with Crippen LogP contribution >= 0.6 is 0 Å². The van der Waals surface area contributed by atoms with Gasteiger partial charge in [-0.15, -0.1) is 0 Å². The first-order valence-electron chi connectivity index (χ1n) is 8.07. The van der Waals surface area contributed by atoms with Gasteiger partial charge in [0.25, 0.3) is 0 Å². The summed E-state index contributed by atoms with van der Waals surface area (Å²) in [6, 6.07) is 8.14. The fraction of sp³-hybridized carbons (Fsp3) is 0.611. The van der Waals surface area contributed by atoms with Crippen molar-refractivity contribution < 1.29 is 9.53 Å². The lowest BCUT2D eigenvalue weighted by Crippen LogP contribution is -2.39. The molecule has 0 aromatic heterocycles. The lowest BCUT2D eigenvalue weighted by molar-refractivity contribution is -0.121. The lowest BCUT2D eigenvalue weighted by Gasteiger charge is -2.28. The lowest BCUT2D eigenvalue weighted by atomic mass is 9.87. The minimum Gasteiger partial charge on any atom is -0.384 e. The maximum absolute atomic E-state index is 12.2. The Balaban J connectivity index is 1.84. The van der Waals surface area contributed by atoms with Gasteiger partial charge in [0.2, 0.25) is 5.91 Å². The van der Waals surface area contributed by atoms with Crippen molar-refractivity contribution in [2.75, 3.05) is 39.3 Å². The van der Waals surface area contributed by atoms with E-state index in [1.807, 2.05) is 38.4 Å². The summed E-state index contributed by atoms with van der Waals surface area (Å²) in [6.07, 6.45) is 5.23. The highest BCUT2D eigenvalue weighted by Crippen LogP contribution is 2.37. The van der Waals surface area contributed by atoms with Crippen LogP contribution in [0.2, 0.25) is 0 Å². The van der Waals surface area contributed by atoms with E-state index in [-0.39, 0.29) is 11.3 Å². The summed E-state index contributed by atoms with van der Waals surface area (Å²) in [5, 5.41) is 3.11. The van der Waals surface area contributed by atoms with E-state index in [0.29, 0.717) is 6.42 Å². The van der Waals surface area contributed by atoms with Crippen molar-refractivity contribution in [3.8, 4) is 0 Å². The van der Waals surface area contributed by atoms with Gasteiger partial charge in [-0.25, -0.2) is 0 Å². The number of nitrogens with zero attached hydrogens (tertiary/aromatic N) is 1. The largest absolute Gasteiger partial charge is 0.384 e. The molecule has 0 bridgehead atoms. The van der Waals surface area contributed by atoms with Crippen molar-refractivity contribution in [2.45, 2.75) is 32.1 Å². The van der Waals surface area contributed by atoms with Gasteiger partial charge in [-0.3, -0.25) is 4.79 Å². The van der Waals surface area contributed by atoms with Gasteiger partial charge in [0.05, 0.1) is 13.0 Å². The van der Waals surface area contributed by atoms with Crippen LogP contribution in [0, 0.1) is 5.41 Å². The van der Waals surface area contributed by atoms with Crippen LogP contribution in [0.25, 0.3) is 0 Å². The fourth-order valence-corrected chi connectivity index (χ4v) is 3.25. The third kappa shape index (κ3) is 4.47. The second-order valence-electron chi connectivity index (χ2n) is 6.65. The van der Waals surface area contributed by atoms with Crippen LogP contribution in [0.4, 0.5) is 5.69 Å². The van der Waals surface area contributed by atoms with Gasteiger partial charge >= 0.3 is 0 Å². The van der Waals surface area contributed by atoms with Crippen LogP contribution in [-0.4, -0.2) is 40.3 Å². The van der Waals surface area contributed by atoms with E-state index in [0.717, 1.165) is 37.2 Å². The van der Waals surface area contributed by atoms with E-state index >= 15 is 0 Å². The normalized spacial score (nSPS) is 16.5. The van der Waals surface area contributed by atoms with Crippen LogP contribution in [-0.2, 0) is 16.0 Å². The number of carbonyl (C=O) groups is 1. The Hall–Kier alpha value is -1.55. The van der Waals surface area contributed by atoms with Crippen molar-refractivity contribution in [3.63, 3.8) is 0 Å². The van der Waals surface area contributed by atoms with Crippen LogP contribution in [0.1, 0.15) is 31.2 Å². The van der Waals surface area contributed by atoms with Gasteiger partial charge in [0, 0.05) is 38.9 Å². The second-order valence-corrected chi connectivity index (χ2v) is 6.65. The molecule has 1 saturated carbocycles. The van der Waals surface area contributed by atoms with Crippen LogP contribution in [0.15, 0.2) is 24.3 Å². The van der Waals surface area contributed by atoms with E-state index < -0.39 is 0 Å². The van der Waals surface area contributed by atoms with Crippen molar-refractivity contribution in [1.29, 1.82) is 0 Å². The number of nitrogens with one attached hydrogen (secondary N) is 1. The van der Waals surface area contributed by atoms with Crippen molar-refractivity contribution >= 4 is 11.6 Å². The molecule has 0 radical (unpaired) electrons. The average Bonchev–Trinajstić information content (AvgIpc) is 2.95. The molecule has 1 aliphatic rings. The highest BCUT2D eigenvalue weighted by atomic mass is 16.5. The fourth-order valence-electron chi connectivity index (χ4n) is 3.25. The number of rotatable bonds is 7. The summed E-state index contributed by atoms with van der Waals surface area (Å²) >= 11 is 0. The molecule has 0 aliphatic heterocycles. The number of methoxy groups -OCH3 is 1. The summed E-state index contributed by atoms with van der Waals surface area (Å²) in [6.45, 7) is 1.47. The van der Waals surface area contributed by atoms with Gasteiger partial charge in [-0.1, -0.05) is 25.0 Å². The highest BCUT2D eigenvalue weighted by molar-refractivity contribution is 5.78. The zero-order valence-electron chi connectivity index (χ0n) is 14.0. The molecule has 0 saturated heterocycles. The molecule has 0 unspecified atom stereocenters. The Morgan fingerprint density at radius 2 is 1.86 bits per heavy atom. The Morgan fingerprint density at radius 3 is 2.41 bits per heavy atom. The summed E-state index contributed by atoms with van der Waals surface area (Å²) in [7, 11) is 5.77. The Morgan fingerprint density at radius 1 is 1.23 bits per heavy atom. The minimum absolute atomic E-state index is 0.0972.